The lowest BCUT2D eigenvalue weighted by Gasteiger charge is -2.11. The summed E-state index contributed by atoms with van der Waals surface area (Å²) in [7, 11) is 0. The van der Waals surface area contributed by atoms with Crippen LogP contribution in [-0.2, 0) is 4.74 Å². The van der Waals surface area contributed by atoms with E-state index in [2.05, 4.69) is 10.6 Å². The number of amides is 1. The van der Waals surface area contributed by atoms with Crippen LogP contribution < -0.4 is 15.4 Å². The first-order valence-electron chi connectivity index (χ1n) is 8.08. The molecule has 0 unspecified atom stereocenters. The number of hydrogen-bond donors (Lipinski definition) is 2. The molecule has 2 aromatic carbocycles. The van der Waals surface area contributed by atoms with Gasteiger partial charge in [0.2, 0.25) is 0 Å². The van der Waals surface area contributed by atoms with E-state index in [4.69, 9.17) is 21.7 Å². The van der Waals surface area contributed by atoms with Crippen molar-refractivity contribution in [3.05, 3.63) is 59.7 Å². The Kier molecular flexibility index (Phi) is 7.37. The Bertz CT molecular complexity index is 717. The lowest BCUT2D eigenvalue weighted by molar-refractivity contribution is 0.0977. The number of carbonyl (C=O) groups excluding carboxylic acids is 1. The summed E-state index contributed by atoms with van der Waals surface area (Å²) in [5.74, 6) is 0.511. The maximum Gasteiger partial charge on any atom is 0.257 e. The highest BCUT2D eigenvalue weighted by Crippen LogP contribution is 2.15. The molecule has 1 amide bonds. The molecule has 5 nitrogen and oxygen atoms in total. The molecular formula is C19H22N2O3S. The van der Waals surface area contributed by atoms with Crippen molar-refractivity contribution in [3.8, 4) is 5.75 Å². The SMILES string of the molecule is CCOCCOc1ccc(NC(=S)NC(=O)c2cccc(C)c2)cc1. The third kappa shape index (κ3) is 6.52. The summed E-state index contributed by atoms with van der Waals surface area (Å²) >= 11 is 5.19. The number of carbonyl (C=O) groups is 1. The number of rotatable bonds is 7. The second-order valence-corrected chi connectivity index (χ2v) is 5.76. The van der Waals surface area contributed by atoms with Gasteiger partial charge in [0.15, 0.2) is 5.11 Å². The molecular weight excluding hydrogens is 336 g/mol. The lowest BCUT2D eigenvalue weighted by atomic mass is 10.1. The zero-order chi connectivity index (χ0) is 18.1. The van der Waals surface area contributed by atoms with Crippen molar-refractivity contribution in [2.24, 2.45) is 0 Å². The third-order valence-electron chi connectivity index (χ3n) is 3.32. The van der Waals surface area contributed by atoms with E-state index in [9.17, 15) is 4.79 Å². The van der Waals surface area contributed by atoms with Crippen molar-refractivity contribution >= 4 is 28.9 Å². The standard InChI is InChI=1S/C19H22N2O3S/c1-3-23-11-12-24-17-9-7-16(8-10-17)20-19(25)21-18(22)15-6-4-5-14(2)13-15/h4-10,13H,3,11-12H2,1-2H3,(H2,20,21,22,25). The van der Waals surface area contributed by atoms with Gasteiger partial charge in [-0.2, -0.15) is 0 Å². The van der Waals surface area contributed by atoms with Gasteiger partial charge in [-0.3, -0.25) is 10.1 Å². The van der Waals surface area contributed by atoms with Crippen molar-refractivity contribution in [1.82, 2.24) is 5.32 Å². The molecule has 0 aliphatic carbocycles. The van der Waals surface area contributed by atoms with E-state index in [-0.39, 0.29) is 11.0 Å². The van der Waals surface area contributed by atoms with E-state index in [1.54, 1.807) is 6.07 Å². The number of anilines is 1. The molecule has 0 atom stereocenters. The number of aryl methyl sites for hydroxylation is 1. The second kappa shape index (κ2) is 9.76. The van der Waals surface area contributed by atoms with E-state index >= 15 is 0 Å². The minimum Gasteiger partial charge on any atom is -0.491 e. The monoisotopic (exact) mass is 358 g/mol. The van der Waals surface area contributed by atoms with Gasteiger partial charge in [-0.1, -0.05) is 17.7 Å². The summed E-state index contributed by atoms with van der Waals surface area (Å²) in [5.41, 5.74) is 2.36. The van der Waals surface area contributed by atoms with Crippen LogP contribution in [-0.4, -0.2) is 30.8 Å². The fraction of sp³-hybridized carbons (Fsp3) is 0.263. The van der Waals surface area contributed by atoms with Crippen LogP contribution in [0.3, 0.4) is 0 Å². The molecule has 0 radical (unpaired) electrons. The van der Waals surface area contributed by atoms with Crippen LogP contribution >= 0.6 is 12.2 Å². The average molecular weight is 358 g/mol. The van der Waals surface area contributed by atoms with Crippen LogP contribution in [0.15, 0.2) is 48.5 Å². The Balaban J connectivity index is 1.83. The van der Waals surface area contributed by atoms with E-state index in [1.807, 2.05) is 56.3 Å². The normalized spacial score (nSPS) is 10.2. The molecule has 0 bridgehead atoms. The first-order chi connectivity index (χ1) is 12.1. The Morgan fingerprint density at radius 3 is 2.56 bits per heavy atom. The molecule has 0 aromatic heterocycles. The summed E-state index contributed by atoms with van der Waals surface area (Å²) in [6.45, 7) is 5.63. The topological polar surface area (TPSA) is 59.6 Å². The highest BCUT2D eigenvalue weighted by atomic mass is 32.1. The zero-order valence-corrected chi connectivity index (χ0v) is 15.2. The quantitative estimate of drug-likeness (QED) is 0.586. The highest BCUT2D eigenvalue weighted by Gasteiger charge is 2.08. The number of thiocarbonyl (C=S) groups is 1. The van der Waals surface area contributed by atoms with E-state index < -0.39 is 0 Å². The molecule has 0 heterocycles. The predicted octanol–water partition coefficient (Wildman–Crippen LogP) is 3.54. The summed E-state index contributed by atoms with van der Waals surface area (Å²) in [6, 6.07) is 14.7. The van der Waals surface area contributed by atoms with Crippen LogP contribution in [0.25, 0.3) is 0 Å². The van der Waals surface area contributed by atoms with Gasteiger partial charge < -0.3 is 14.8 Å². The van der Waals surface area contributed by atoms with Crippen molar-refractivity contribution in [2.75, 3.05) is 25.1 Å². The summed E-state index contributed by atoms with van der Waals surface area (Å²) in [6.07, 6.45) is 0. The molecule has 0 fully saturated rings. The van der Waals surface area contributed by atoms with E-state index in [1.165, 1.54) is 0 Å². The van der Waals surface area contributed by atoms with Crippen molar-refractivity contribution in [1.29, 1.82) is 0 Å². The number of nitrogens with one attached hydrogen (secondary N) is 2. The summed E-state index contributed by atoms with van der Waals surface area (Å²) in [5, 5.41) is 5.90. The van der Waals surface area contributed by atoms with Crippen LogP contribution in [0, 0.1) is 6.92 Å². The Morgan fingerprint density at radius 2 is 1.88 bits per heavy atom. The fourth-order valence-electron chi connectivity index (χ4n) is 2.12. The van der Waals surface area contributed by atoms with Crippen molar-refractivity contribution in [2.45, 2.75) is 13.8 Å². The molecule has 6 heteroatoms. The minimum absolute atomic E-state index is 0.239. The maximum atomic E-state index is 12.2. The van der Waals surface area contributed by atoms with Gasteiger partial charge >= 0.3 is 0 Å². The fourth-order valence-corrected chi connectivity index (χ4v) is 2.33. The molecule has 0 spiro atoms. The molecule has 132 valence electrons. The molecule has 2 aromatic rings. The van der Waals surface area contributed by atoms with Crippen LogP contribution in [0.4, 0.5) is 5.69 Å². The van der Waals surface area contributed by atoms with Crippen molar-refractivity contribution < 1.29 is 14.3 Å². The number of ether oxygens (including phenoxy) is 2. The zero-order valence-electron chi connectivity index (χ0n) is 14.4. The molecule has 25 heavy (non-hydrogen) atoms. The van der Waals surface area contributed by atoms with Gasteiger partial charge in [0.1, 0.15) is 12.4 Å². The number of benzene rings is 2. The summed E-state index contributed by atoms with van der Waals surface area (Å²) in [4.78, 5) is 12.2. The molecule has 2 rings (SSSR count). The van der Waals surface area contributed by atoms with Crippen LogP contribution in [0.5, 0.6) is 5.75 Å². The van der Waals surface area contributed by atoms with Gasteiger partial charge in [-0.25, -0.2) is 0 Å². The second-order valence-electron chi connectivity index (χ2n) is 5.35. The molecule has 0 saturated carbocycles. The van der Waals surface area contributed by atoms with E-state index in [0.717, 1.165) is 17.0 Å². The number of hydrogen-bond acceptors (Lipinski definition) is 4. The first-order valence-corrected chi connectivity index (χ1v) is 8.49. The molecule has 0 saturated heterocycles. The largest absolute Gasteiger partial charge is 0.491 e. The minimum atomic E-state index is -0.239. The van der Waals surface area contributed by atoms with Crippen molar-refractivity contribution in [3.63, 3.8) is 0 Å². The molecule has 2 N–H and O–H groups in total. The van der Waals surface area contributed by atoms with Gasteiger partial charge in [-0.15, -0.1) is 0 Å². The van der Waals surface area contributed by atoms with Crippen LogP contribution in [0.1, 0.15) is 22.8 Å². The molecule has 0 aliphatic rings. The Labute approximate surface area is 153 Å². The average Bonchev–Trinajstić information content (AvgIpc) is 2.60. The van der Waals surface area contributed by atoms with E-state index in [0.29, 0.717) is 25.4 Å². The van der Waals surface area contributed by atoms with Gasteiger partial charge in [-0.05, 0) is 62.5 Å². The Hall–Kier alpha value is -2.44. The molecule has 0 aliphatic heterocycles. The predicted molar refractivity (Wildman–Crippen MR) is 103 cm³/mol. The maximum absolute atomic E-state index is 12.2. The van der Waals surface area contributed by atoms with Crippen LogP contribution in [0.2, 0.25) is 0 Å². The van der Waals surface area contributed by atoms with Gasteiger partial charge in [0.25, 0.3) is 5.91 Å². The summed E-state index contributed by atoms with van der Waals surface area (Å²) < 4.78 is 10.8. The third-order valence-corrected chi connectivity index (χ3v) is 3.52. The first kappa shape index (κ1) is 18.9. The Morgan fingerprint density at radius 1 is 1.12 bits per heavy atom. The smallest absolute Gasteiger partial charge is 0.257 e. The highest BCUT2D eigenvalue weighted by molar-refractivity contribution is 7.80. The van der Waals surface area contributed by atoms with Gasteiger partial charge in [0.05, 0.1) is 6.61 Å². The van der Waals surface area contributed by atoms with Gasteiger partial charge in [0, 0.05) is 17.9 Å². The lowest BCUT2D eigenvalue weighted by Crippen LogP contribution is -2.34.